The Labute approximate surface area is 108 Å². The number of aromatic nitrogens is 1. The lowest BCUT2D eigenvalue weighted by Gasteiger charge is -2.42. The summed E-state index contributed by atoms with van der Waals surface area (Å²) in [7, 11) is 2.20. The van der Waals surface area contributed by atoms with Crippen LogP contribution < -0.4 is 0 Å². The molecule has 1 fully saturated rings. The monoisotopic (exact) mass is 253 g/mol. The van der Waals surface area contributed by atoms with Crippen molar-refractivity contribution in [1.82, 2.24) is 14.8 Å². The van der Waals surface area contributed by atoms with E-state index in [-0.39, 0.29) is 0 Å². The first kappa shape index (κ1) is 12.8. The third-order valence-electron chi connectivity index (χ3n) is 3.63. The molecule has 4 heteroatoms. The Bertz CT molecular complexity index is 353. The first-order valence-electron chi connectivity index (χ1n) is 6.11. The van der Waals surface area contributed by atoms with E-state index in [0.717, 1.165) is 19.6 Å². The molecular weight excluding hydrogens is 234 g/mol. The van der Waals surface area contributed by atoms with Gasteiger partial charge in [-0.2, -0.15) is 0 Å². The minimum atomic E-state index is 0.564. The molecule has 2 unspecified atom stereocenters. The number of likely N-dealkylation sites (N-methyl/N-ethyl adjacent to an activating group) is 1. The van der Waals surface area contributed by atoms with E-state index in [2.05, 4.69) is 41.7 Å². The maximum Gasteiger partial charge on any atom is 0.129 e. The van der Waals surface area contributed by atoms with Crippen molar-refractivity contribution >= 4 is 11.6 Å². The van der Waals surface area contributed by atoms with Crippen LogP contribution >= 0.6 is 11.6 Å². The largest absolute Gasteiger partial charge is 0.298 e. The molecule has 17 heavy (non-hydrogen) atoms. The van der Waals surface area contributed by atoms with Crippen LogP contribution in [0.25, 0.3) is 0 Å². The van der Waals surface area contributed by atoms with Gasteiger partial charge >= 0.3 is 0 Å². The van der Waals surface area contributed by atoms with Gasteiger partial charge in [0, 0.05) is 37.9 Å². The quantitative estimate of drug-likeness (QED) is 0.754. The maximum absolute atomic E-state index is 5.79. The van der Waals surface area contributed by atoms with Crippen molar-refractivity contribution in [3.05, 3.63) is 29.0 Å². The van der Waals surface area contributed by atoms with Crippen LogP contribution in [0, 0.1) is 0 Å². The molecule has 0 N–H and O–H groups in total. The third-order valence-corrected chi connectivity index (χ3v) is 3.85. The van der Waals surface area contributed by atoms with Crippen molar-refractivity contribution in [2.45, 2.75) is 32.5 Å². The van der Waals surface area contributed by atoms with Gasteiger partial charge in [0.2, 0.25) is 0 Å². The Hall–Kier alpha value is -0.640. The molecule has 0 spiro atoms. The van der Waals surface area contributed by atoms with Gasteiger partial charge < -0.3 is 0 Å². The van der Waals surface area contributed by atoms with Gasteiger partial charge in [-0.15, -0.1) is 0 Å². The third kappa shape index (κ3) is 3.18. The predicted molar refractivity (Wildman–Crippen MR) is 71.2 cm³/mol. The summed E-state index contributed by atoms with van der Waals surface area (Å²) in [4.78, 5) is 9.05. The molecule has 1 aliphatic heterocycles. The van der Waals surface area contributed by atoms with Crippen LogP contribution in [0.2, 0.25) is 5.15 Å². The van der Waals surface area contributed by atoms with E-state index in [0.29, 0.717) is 17.2 Å². The lowest BCUT2D eigenvalue weighted by atomic mass is 10.1. The summed E-state index contributed by atoms with van der Waals surface area (Å²) in [5.41, 5.74) is 1.23. The standard InChI is InChI=1S/C13H20ClN3/c1-10-7-17(8-11(2)16(10)3)9-12-4-5-13(14)15-6-12/h4-6,10-11H,7-9H2,1-3H3. The topological polar surface area (TPSA) is 19.4 Å². The van der Waals surface area contributed by atoms with Crippen LogP contribution in [0.4, 0.5) is 0 Å². The second-order valence-corrected chi connectivity index (χ2v) is 5.43. The Morgan fingerprint density at radius 2 is 1.94 bits per heavy atom. The molecular formula is C13H20ClN3. The maximum atomic E-state index is 5.79. The average molecular weight is 254 g/mol. The number of nitrogens with zero attached hydrogens (tertiary/aromatic N) is 3. The Morgan fingerprint density at radius 1 is 1.29 bits per heavy atom. The van der Waals surface area contributed by atoms with Gasteiger partial charge in [0.25, 0.3) is 0 Å². The minimum Gasteiger partial charge on any atom is -0.298 e. The van der Waals surface area contributed by atoms with Crippen molar-refractivity contribution < 1.29 is 0 Å². The highest BCUT2D eigenvalue weighted by Crippen LogP contribution is 2.16. The van der Waals surface area contributed by atoms with Crippen molar-refractivity contribution in [2.24, 2.45) is 0 Å². The summed E-state index contributed by atoms with van der Waals surface area (Å²) < 4.78 is 0. The van der Waals surface area contributed by atoms with Gasteiger partial charge in [-0.25, -0.2) is 4.98 Å². The molecule has 2 rings (SSSR count). The van der Waals surface area contributed by atoms with Gasteiger partial charge in [0.15, 0.2) is 0 Å². The Balaban J connectivity index is 1.98. The zero-order chi connectivity index (χ0) is 12.4. The number of rotatable bonds is 2. The first-order chi connectivity index (χ1) is 8.06. The second-order valence-electron chi connectivity index (χ2n) is 5.05. The lowest BCUT2D eigenvalue weighted by Crippen LogP contribution is -2.54. The molecule has 0 bridgehead atoms. The molecule has 1 aromatic rings. The predicted octanol–water partition coefficient (Wildman–Crippen LogP) is 2.26. The van der Waals surface area contributed by atoms with Gasteiger partial charge in [-0.05, 0) is 32.5 Å². The summed E-state index contributed by atoms with van der Waals surface area (Å²) in [6.45, 7) is 7.76. The highest BCUT2D eigenvalue weighted by Gasteiger charge is 2.26. The van der Waals surface area contributed by atoms with Crippen molar-refractivity contribution in [1.29, 1.82) is 0 Å². The van der Waals surface area contributed by atoms with E-state index in [9.17, 15) is 0 Å². The highest BCUT2D eigenvalue weighted by atomic mass is 35.5. The van der Waals surface area contributed by atoms with Crippen LogP contribution in [-0.4, -0.2) is 47.0 Å². The molecule has 2 atom stereocenters. The van der Waals surface area contributed by atoms with Gasteiger partial charge in [-0.3, -0.25) is 9.80 Å². The normalized spacial score (nSPS) is 27.3. The fourth-order valence-corrected chi connectivity index (χ4v) is 2.51. The van der Waals surface area contributed by atoms with Crippen LogP contribution in [0.15, 0.2) is 18.3 Å². The molecule has 2 heterocycles. The molecule has 0 amide bonds. The molecule has 1 aromatic heterocycles. The fourth-order valence-electron chi connectivity index (χ4n) is 2.40. The van der Waals surface area contributed by atoms with E-state index in [1.165, 1.54) is 5.56 Å². The molecule has 0 saturated carbocycles. The van der Waals surface area contributed by atoms with E-state index in [1.54, 1.807) is 0 Å². The van der Waals surface area contributed by atoms with E-state index < -0.39 is 0 Å². The van der Waals surface area contributed by atoms with Crippen molar-refractivity contribution in [3.63, 3.8) is 0 Å². The summed E-state index contributed by atoms with van der Waals surface area (Å²) in [6.07, 6.45) is 1.87. The molecule has 0 aromatic carbocycles. The summed E-state index contributed by atoms with van der Waals surface area (Å²) >= 11 is 5.79. The number of pyridine rings is 1. The number of piperazine rings is 1. The summed E-state index contributed by atoms with van der Waals surface area (Å²) in [5, 5.41) is 0.564. The molecule has 0 radical (unpaired) electrons. The van der Waals surface area contributed by atoms with Crippen LogP contribution in [0.1, 0.15) is 19.4 Å². The molecule has 1 saturated heterocycles. The van der Waals surface area contributed by atoms with Gasteiger partial charge in [0.1, 0.15) is 5.15 Å². The summed E-state index contributed by atoms with van der Waals surface area (Å²) in [5.74, 6) is 0. The van der Waals surface area contributed by atoms with Gasteiger partial charge in [-0.1, -0.05) is 17.7 Å². The minimum absolute atomic E-state index is 0.564. The number of hydrogen-bond acceptors (Lipinski definition) is 3. The fraction of sp³-hybridized carbons (Fsp3) is 0.615. The lowest BCUT2D eigenvalue weighted by molar-refractivity contribution is 0.0556. The smallest absolute Gasteiger partial charge is 0.129 e. The Morgan fingerprint density at radius 3 is 2.47 bits per heavy atom. The molecule has 0 aliphatic carbocycles. The van der Waals surface area contributed by atoms with E-state index in [1.807, 2.05) is 12.3 Å². The SMILES string of the molecule is CC1CN(Cc2ccc(Cl)nc2)CC(C)N1C. The van der Waals surface area contributed by atoms with E-state index >= 15 is 0 Å². The van der Waals surface area contributed by atoms with Crippen molar-refractivity contribution in [2.75, 3.05) is 20.1 Å². The molecule has 1 aliphatic rings. The highest BCUT2D eigenvalue weighted by molar-refractivity contribution is 6.29. The summed E-state index contributed by atoms with van der Waals surface area (Å²) in [6, 6.07) is 5.14. The molecule has 94 valence electrons. The van der Waals surface area contributed by atoms with Crippen LogP contribution in [0.3, 0.4) is 0 Å². The second kappa shape index (κ2) is 5.34. The van der Waals surface area contributed by atoms with E-state index in [4.69, 9.17) is 11.6 Å². The first-order valence-corrected chi connectivity index (χ1v) is 6.49. The Kier molecular flexibility index (Phi) is 4.02. The van der Waals surface area contributed by atoms with Crippen LogP contribution in [0.5, 0.6) is 0 Å². The molecule has 3 nitrogen and oxygen atoms in total. The zero-order valence-corrected chi connectivity index (χ0v) is 11.5. The zero-order valence-electron chi connectivity index (χ0n) is 10.7. The number of halogens is 1. The van der Waals surface area contributed by atoms with Crippen LogP contribution in [-0.2, 0) is 6.54 Å². The number of hydrogen-bond donors (Lipinski definition) is 0. The van der Waals surface area contributed by atoms with Crippen molar-refractivity contribution in [3.8, 4) is 0 Å². The van der Waals surface area contributed by atoms with Gasteiger partial charge in [0.05, 0.1) is 0 Å². The average Bonchev–Trinajstić information content (AvgIpc) is 2.29.